The Morgan fingerprint density at radius 1 is 0.429 bits per heavy atom. The fourth-order valence-electron chi connectivity index (χ4n) is 5.97. The predicted octanol–water partition coefficient (Wildman–Crippen LogP) is 5.73. The lowest BCUT2D eigenvalue weighted by Gasteiger charge is -2.22. The van der Waals surface area contributed by atoms with Crippen LogP contribution in [0.5, 0.6) is 11.5 Å². The van der Waals surface area contributed by atoms with Gasteiger partial charge in [-0.05, 0) is 170 Å². The van der Waals surface area contributed by atoms with E-state index in [0.717, 1.165) is 75.7 Å². The van der Waals surface area contributed by atoms with Crippen LogP contribution < -0.4 is 32.4 Å². The Balaban J connectivity index is 2.29. The van der Waals surface area contributed by atoms with Gasteiger partial charge in [-0.25, -0.2) is 0 Å². The van der Waals surface area contributed by atoms with E-state index >= 15 is 0 Å². The highest BCUT2D eigenvalue weighted by Crippen LogP contribution is 2.40. The SMILES string of the molecule is CCc1cc(-c2cc(CCCN)c(OC)cc2CCCN)c(CC)cc1-c1cc(CCCN)c(OC)cc1CCCN. The third-order valence-corrected chi connectivity index (χ3v) is 8.28. The van der Waals surface area contributed by atoms with Gasteiger partial charge in [-0.2, -0.15) is 0 Å². The maximum absolute atomic E-state index is 5.96. The molecule has 0 atom stereocenters. The molecular weight excluding hydrogens is 520 g/mol. The van der Waals surface area contributed by atoms with Gasteiger partial charge in [0, 0.05) is 0 Å². The average molecular weight is 575 g/mol. The molecule has 0 aliphatic heterocycles. The van der Waals surface area contributed by atoms with Gasteiger partial charge in [0.25, 0.3) is 0 Å². The highest BCUT2D eigenvalue weighted by molar-refractivity contribution is 5.81. The number of nitrogens with two attached hydrogens (primary N) is 4. The Kier molecular flexibility index (Phi) is 13.8. The number of methoxy groups -OCH3 is 2. The van der Waals surface area contributed by atoms with Gasteiger partial charge in [-0.3, -0.25) is 0 Å². The molecule has 6 nitrogen and oxygen atoms in total. The Labute approximate surface area is 254 Å². The number of aryl methyl sites for hydroxylation is 6. The molecule has 42 heavy (non-hydrogen) atoms. The fraction of sp³-hybridized carbons (Fsp3) is 0.500. The zero-order chi connectivity index (χ0) is 30.5. The lowest BCUT2D eigenvalue weighted by Crippen LogP contribution is -2.07. The third kappa shape index (κ3) is 8.13. The van der Waals surface area contributed by atoms with Crippen molar-refractivity contribution in [2.45, 2.75) is 78.1 Å². The minimum absolute atomic E-state index is 0.657. The Hall–Kier alpha value is -2.90. The molecule has 0 heterocycles. The Morgan fingerprint density at radius 2 is 0.714 bits per heavy atom. The fourth-order valence-corrected chi connectivity index (χ4v) is 5.97. The summed E-state index contributed by atoms with van der Waals surface area (Å²) in [6.07, 6.45) is 9.19. The van der Waals surface area contributed by atoms with Crippen molar-refractivity contribution < 1.29 is 9.47 Å². The van der Waals surface area contributed by atoms with Crippen molar-refractivity contribution in [1.29, 1.82) is 0 Å². The summed E-state index contributed by atoms with van der Waals surface area (Å²) in [5.74, 6) is 1.88. The van der Waals surface area contributed by atoms with E-state index in [2.05, 4.69) is 50.2 Å². The van der Waals surface area contributed by atoms with Crippen molar-refractivity contribution in [3.05, 3.63) is 69.8 Å². The molecule has 0 saturated heterocycles. The van der Waals surface area contributed by atoms with Crippen molar-refractivity contribution in [1.82, 2.24) is 0 Å². The van der Waals surface area contributed by atoms with Crippen LogP contribution in [0, 0.1) is 0 Å². The first kappa shape index (κ1) is 33.6. The van der Waals surface area contributed by atoms with Gasteiger partial charge >= 0.3 is 0 Å². The van der Waals surface area contributed by atoms with Crippen LogP contribution in [0.1, 0.15) is 72.9 Å². The molecule has 3 aromatic rings. The maximum atomic E-state index is 5.96. The lowest BCUT2D eigenvalue weighted by atomic mass is 9.83. The molecule has 0 spiro atoms. The summed E-state index contributed by atoms with van der Waals surface area (Å²) in [5.41, 5.74) is 36.6. The summed E-state index contributed by atoms with van der Waals surface area (Å²) in [6.45, 7) is 7.14. The van der Waals surface area contributed by atoms with E-state index < -0.39 is 0 Å². The first-order chi connectivity index (χ1) is 20.5. The Bertz CT molecular complexity index is 1190. The van der Waals surface area contributed by atoms with Crippen LogP contribution in [0.2, 0.25) is 0 Å². The second-order valence-electron chi connectivity index (χ2n) is 11.1. The minimum Gasteiger partial charge on any atom is -0.496 e. The van der Waals surface area contributed by atoms with E-state index in [1.807, 2.05) is 0 Å². The van der Waals surface area contributed by atoms with Crippen LogP contribution in [0.4, 0.5) is 0 Å². The minimum atomic E-state index is 0.657. The van der Waals surface area contributed by atoms with Crippen LogP contribution >= 0.6 is 0 Å². The molecule has 6 heteroatoms. The molecule has 230 valence electrons. The van der Waals surface area contributed by atoms with E-state index in [1.54, 1.807) is 14.2 Å². The topological polar surface area (TPSA) is 123 Å². The summed E-state index contributed by atoms with van der Waals surface area (Å²) in [4.78, 5) is 0. The first-order valence-corrected chi connectivity index (χ1v) is 15.9. The molecule has 0 aliphatic rings. The van der Waals surface area contributed by atoms with Crippen LogP contribution in [0.3, 0.4) is 0 Å². The van der Waals surface area contributed by atoms with Gasteiger partial charge < -0.3 is 32.4 Å². The second kappa shape index (κ2) is 17.3. The summed E-state index contributed by atoms with van der Waals surface area (Å²) in [7, 11) is 3.52. The van der Waals surface area contributed by atoms with Crippen molar-refractivity contribution in [3.8, 4) is 33.8 Å². The number of hydrogen-bond donors (Lipinski definition) is 4. The molecule has 0 bridgehead atoms. The number of benzene rings is 3. The molecule has 0 aromatic heterocycles. The zero-order valence-electron chi connectivity index (χ0n) is 26.5. The van der Waals surface area contributed by atoms with Gasteiger partial charge in [-0.1, -0.05) is 26.0 Å². The van der Waals surface area contributed by atoms with Crippen molar-refractivity contribution in [2.24, 2.45) is 22.9 Å². The highest BCUT2D eigenvalue weighted by Gasteiger charge is 2.20. The van der Waals surface area contributed by atoms with Crippen molar-refractivity contribution in [2.75, 3.05) is 40.4 Å². The number of ether oxygens (including phenoxy) is 2. The van der Waals surface area contributed by atoms with Crippen molar-refractivity contribution >= 4 is 0 Å². The number of hydrogen-bond acceptors (Lipinski definition) is 6. The van der Waals surface area contributed by atoms with Crippen LogP contribution in [-0.2, 0) is 38.5 Å². The molecule has 8 N–H and O–H groups in total. The molecule has 3 aromatic carbocycles. The van der Waals surface area contributed by atoms with E-state index in [1.165, 1.54) is 55.6 Å². The first-order valence-electron chi connectivity index (χ1n) is 15.9. The van der Waals surface area contributed by atoms with Gasteiger partial charge in [0.15, 0.2) is 0 Å². The lowest BCUT2D eigenvalue weighted by molar-refractivity contribution is 0.408. The molecule has 0 aliphatic carbocycles. The predicted molar refractivity (Wildman–Crippen MR) is 179 cm³/mol. The smallest absolute Gasteiger partial charge is 0.122 e. The van der Waals surface area contributed by atoms with Gasteiger partial charge in [0.2, 0.25) is 0 Å². The van der Waals surface area contributed by atoms with E-state index in [4.69, 9.17) is 32.4 Å². The standard InChI is InChI=1S/C36H54N4O2/c1-5-25-19-32(34-22-30(14-10-18-40)36(42-4)24-28(34)12-8-16-38)26(6-2)20-31(25)33-21-29(13-9-17-39)35(41-3)23-27(33)11-7-15-37/h19-24H,5-18,37-40H2,1-4H3. The summed E-state index contributed by atoms with van der Waals surface area (Å²) in [6, 6.07) is 14.0. The highest BCUT2D eigenvalue weighted by atomic mass is 16.5. The maximum Gasteiger partial charge on any atom is 0.122 e. The van der Waals surface area contributed by atoms with E-state index in [0.29, 0.717) is 26.2 Å². The summed E-state index contributed by atoms with van der Waals surface area (Å²) >= 11 is 0. The van der Waals surface area contributed by atoms with Gasteiger partial charge in [0.1, 0.15) is 11.5 Å². The number of rotatable bonds is 18. The average Bonchev–Trinajstić information content (AvgIpc) is 3.03. The van der Waals surface area contributed by atoms with E-state index in [9.17, 15) is 0 Å². The Morgan fingerprint density at radius 3 is 1.00 bits per heavy atom. The molecule has 0 radical (unpaired) electrons. The van der Waals surface area contributed by atoms with Gasteiger partial charge in [0.05, 0.1) is 14.2 Å². The second-order valence-corrected chi connectivity index (χ2v) is 11.1. The molecule has 0 amide bonds. The molecule has 0 fully saturated rings. The zero-order valence-corrected chi connectivity index (χ0v) is 26.5. The summed E-state index contributed by atoms with van der Waals surface area (Å²) < 4.78 is 11.7. The van der Waals surface area contributed by atoms with Crippen LogP contribution in [0.25, 0.3) is 22.3 Å². The summed E-state index contributed by atoms with van der Waals surface area (Å²) in [5, 5.41) is 0. The normalized spacial score (nSPS) is 11.2. The molecule has 0 saturated carbocycles. The van der Waals surface area contributed by atoms with E-state index in [-0.39, 0.29) is 0 Å². The van der Waals surface area contributed by atoms with Gasteiger partial charge in [-0.15, -0.1) is 0 Å². The monoisotopic (exact) mass is 574 g/mol. The molecular formula is C36H54N4O2. The largest absolute Gasteiger partial charge is 0.496 e. The third-order valence-electron chi connectivity index (χ3n) is 8.28. The van der Waals surface area contributed by atoms with Crippen molar-refractivity contribution in [3.63, 3.8) is 0 Å². The molecule has 0 unspecified atom stereocenters. The van der Waals surface area contributed by atoms with Crippen LogP contribution in [-0.4, -0.2) is 40.4 Å². The quantitative estimate of drug-likeness (QED) is 0.154. The van der Waals surface area contributed by atoms with Crippen LogP contribution in [0.15, 0.2) is 36.4 Å². The molecule has 3 rings (SSSR count).